The van der Waals surface area contributed by atoms with Crippen molar-refractivity contribution in [1.29, 1.82) is 0 Å². The Morgan fingerprint density at radius 3 is 2.12 bits per heavy atom. The molecule has 0 radical (unpaired) electrons. The summed E-state index contributed by atoms with van der Waals surface area (Å²) in [5, 5.41) is 8.83. The number of anilines is 2. The number of para-hydroxylation sites is 1. The van der Waals surface area contributed by atoms with E-state index < -0.39 is 0 Å². The van der Waals surface area contributed by atoms with Crippen LogP contribution in [0.4, 0.5) is 11.4 Å². The molecule has 0 aliphatic heterocycles. The van der Waals surface area contributed by atoms with Crippen molar-refractivity contribution < 1.29 is 9.59 Å². The topological polar surface area (TPSA) is 70.2 Å². The molecule has 132 valence electrons. The van der Waals surface area contributed by atoms with E-state index in [1.54, 1.807) is 24.3 Å². The first-order valence-corrected chi connectivity index (χ1v) is 8.37. The van der Waals surface area contributed by atoms with E-state index in [-0.39, 0.29) is 24.4 Å². The van der Waals surface area contributed by atoms with Gasteiger partial charge in [0.2, 0.25) is 5.91 Å². The first kappa shape index (κ1) is 18.5. The quantitative estimate of drug-likeness (QED) is 0.754. The minimum atomic E-state index is -0.137. The van der Waals surface area contributed by atoms with E-state index in [0.29, 0.717) is 11.3 Å². The van der Waals surface area contributed by atoms with E-state index in [9.17, 15) is 9.59 Å². The van der Waals surface area contributed by atoms with Crippen molar-refractivity contribution in [3.63, 3.8) is 0 Å². The van der Waals surface area contributed by atoms with E-state index in [1.807, 2.05) is 45.9 Å². The number of benzene rings is 2. The fourth-order valence-electron chi connectivity index (χ4n) is 2.52. The maximum atomic E-state index is 12.1. The predicted molar refractivity (Wildman–Crippen MR) is 102 cm³/mol. The molecule has 0 aliphatic carbocycles. The van der Waals surface area contributed by atoms with Crippen LogP contribution in [0.3, 0.4) is 0 Å². The highest BCUT2D eigenvalue weighted by atomic mass is 16.2. The van der Waals surface area contributed by atoms with Crippen molar-refractivity contribution >= 4 is 23.2 Å². The summed E-state index contributed by atoms with van der Waals surface area (Å²) in [5.74, 6) is -0.258. The summed E-state index contributed by atoms with van der Waals surface area (Å²) in [6.07, 6.45) is 0. The minimum absolute atomic E-state index is 0.0860. The maximum absolute atomic E-state index is 12.1. The molecule has 0 atom stereocenters. The first-order valence-electron chi connectivity index (χ1n) is 8.37. The molecule has 2 amide bonds. The van der Waals surface area contributed by atoms with Crippen molar-refractivity contribution in [2.24, 2.45) is 0 Å². The number of hydrogen-bond acceptors (Lipinski definition) is 3. The predicted octanol–water partition coefficient (Wildman–Crippen LogP) is 3.49. The summed E-state index contributed by atoms with van der Waals surface area (Å²) in [4.78, 5) is 24.0. The van der Waals surface area contributed by atoms with Crippen LogP contribution in [0.1, 0.15) is 35.3 Å². The normalized spacial score (nSPS) is 10.4. The summed E-state index contributed by atoms with van der Waals surface area (Å²) in [6, 6.07) is 13.0. The highest BCUT2D eigenvalue weighted by Crippen LogP contribution is 2.19. The molecule has 0 heterocycles. The zero-order valence-corrected chi connectivity index (χ0v) is 15.1. The minimum Gasteiger partial charge on any atom is -0.376 e. The van der Waals surface area contributed by atoms with Gasteiger partial charge in [-0.05, 0) is 63.1 Å². The van der Waals surface area contributed by atoms with Crippen LogP contribution in [0.2, 0.25) is 0 Å². The second-order valence-electron chi connectivity index (χ2n) is 6.37. The Bertz CT molecular complexity index is 732. The second-order valence-corrected chi connectivity index (χ2v) is 6.37. The largest absolute Gasteiger partial charge is 0.376 e. The molecule has 3 N–H and O–H groups in total. The molecule has 5 heteroatoms. The molecule has 2 rings (SSSR count). The highest BCUT2D eigenvalue weighted by molar-refractivity contribution is 5.96. The molecule has 25 heavy (non-hydrogen) atoms. The lowest BCUT2D eigenvalue weighted by atomic mass is 10.1. The Balaban J connectivity index is 1.91. The van der Waals surface area contributed by atoms with Gasteiger partial charge >= 0.3 is 0 Å². The van der Waals surface area contributed by atoms with Crippen molar-refractivity contribution in [3.05, 3.63) is 59.2 Å². The average Bonchev–Trinajstić information content (AvgIpc) is 2.54. The second kappa shape index (κ2) is 8.33. The molecule has 0 saturated heterocycles. The third-order valence-electron chi connectivity index (χ3n) is 3.76. The van der Waals surface area contributed by atoms with Crippen molar-refractivity contribution in [3.8, 4) is 0 Å². The highest BCUT2D eigenvalue weighted by Gasteiger charge is 2.08. The van der Waals surface area contributed by atoms with Gasteiger partial charge in [0.1, 0.15) is 0 Å². The molecule has 0 unspecified atom stereocenters. The van der Waals surface area contributed by atoms with Crippen LogP contribution in [-0.4, -0.2) is 24.4 Å². The Morgan fingerprint density at radius 2 is 1.56 bits per heavy atom. The Kier molecular flexibility index (Phi) is 6.17. The first-order chi connectivity index (χ1) is 11.9. The Labute approximate surface area is 148 Å². The zero-order valence-electron chi connectivity index (χ0n) is 15.1. The van der Waals surface area contributed by atoms with Crippen molar-refractivity contribution in [1.82, 2.24) is 5.32 Å². The third kappa shape index (κ3) is 5.35. The molecule has 0 aromatic heterocycles. The van der Waals surface area contributed by atoms with E-state index in [0.717, 1.165) is 16.8 Å². The molecule has 2 aromatic carbocycles. The van der Waals surface area contributed by atoms with Crippen LogP contribution in [0.5, 0.6) is 0 Å². The Hall–Kier alpha value is -2.82. The summed E-state index contributed by atoms with van der Waals surface area (Å²) in [6.45, 7) is 8.02. The number of nitrogens with one attached hydrogen (secondary N) is 3. The summed E-state index contributed by atoms with van der Waals surface area (Å²) >= 11 is 0. The van der Waals surface area contributed by atoms with Crippen molar-refractivity contribution in [2.45, 2.75) is 33.7 Å². The molecule has 0 saturated carbocycles. The summed E-state index contributed by atoms with van der Waals surface area (Å²) < 4.78 is 0. The lowest BCUT2D eigenvalue weighted by molar-refractivity contribution is -0.114. The van der Waals surface area contributed by atoms with Gasteiger partial charge in [-0.15, -0.1) is 0 Å². The standard InChI is InChI=1S/C20H25N3O2/c1-13(2)22-20(25)16-8-10-17(11-9-16)23-18(24)12-21-19-14(3)6-5-7-15(19)4/h5-11,13,21H,12H2,1-4H3,(H,22,25)(H,23,24). The van der Waals surface area contributed by atoms with Crippen LogP contribution < -0.4 is 16.0 Å². The van der Waals surface area contributed by atoms with Gasteiger partial charge in [-0.3, -0.25) is 9.59 Å². The number of amides is 2. The summed E-state index contributed by atoms with van der Waals surface area (Å²) in [5.41, 5.74) is 4.43. The lowest BCUT2D eigenvalue weighted by Crippen LogP contribution is -2.30. The van der Waals surface area contributed by atoms with Gasteiger partial charge < -0.3 is 16.0 Å². The van der Waals surface area contributed by atoms with Crippen LogP contribution in [0.15, 0.2) is 42.5 Å². The van der Waals surface area contributed by atoms with E-state index in [1.165, 1.54) is 0 Å². The molecule has 0 aliphatic rings. The van der Waals surface area contributed by atoms with Crippen LogP contribution in [0.25, 0.3) is 0 Å². The van der Waals surface area contributed by atoms with Crippen LogP contribution in [-0.2, 0) is 4.79 Å². The molecule has 0 fully saturated rings. The molecule has 5 nitrogen and oxygen atoms in total. The van der Waals surface area contributed by atoms with E-state index in [2.05, 4.69) is 16.0 Å². The summed E-state index contributed by atoms with van der Waals surface area (Å²) in [7, 11) is 0. The lowest BCUT2D eigenvalue weighted by Gasteiger charge is -2.13. The number of hydrogen-bond donors (Lipinski definition) is 3. The molecular formula is C20H25N3O2. The Morgan fingerprint density at radius 1 is 0.960 bits per heavy atom. The van der Waals surface area contributed by atoms with Gasteiger partial charge in [0.25, 0.3) is 5.91 Å². The fourth-order valence-corrected chi connectivity index (χ4v) is 2.52. The SMILES string of the molecule is Cc1cccc(C)c1NCC(=O)Nc1ccc(C(=O)NC(C)C)cc1. The van der Waals surface area contributed by atoms with Gasteiger partial charge in [-0.25, -0.2) is 0 Å². The van der Waals surface area contributed by atoms with Gasteiger partial charge in [0.15, 0.2) is 0 Å². The maximum Gasteiger partial charge on any atom is 0.251 e. The molecular weight excluding hydrogens is 314 g/mol. The van der Waals surface area contributed by atoms with Crippen molar-refractivity contribution in [2.75, 3.05) is 17.2 Å². The number of rotatable bonds is 6. The number of carbonyl (C=O) groups excluding carboxylic acids is 2. The van der Waals surface area contributed by atoms with Gasteiger partial charge in [0, 0.05) is 23.0 Å². The smallest absolute Gasteiger partial charge is 0.251 e. The average molecular weight is 339 g/mol. The molecule has 2 aromatic rings. The molecule has 0 spiro atoms. The van der Waals surface area contributed by atoms with Gasteiger partial charge in [0.05, 0.1) is 6.54 Å². The third-order valence-corrected chi connectivity index (χ3v) is 3.76. The van der Waals surface area contributed by atoms with Crippen LogP contribution >= 0.6 is 0 Å². The zero-order chi connectivity index (χ0) is 18.4. The van der Waals surface area contributed by atoms with Crippen LogP contribution in [0, 0.1) is 13.8 Å². The number of carbonyl (C=O) groups is 2. The van der Waals surface area contributed by atoms with Gasteiger partial charge in [-0.2, -0.15) is 0 Å². The van der Waals surface area contributed by atoms with E-state index >= 15 is 0 Å². The fraction of sp³-hybridized carbons (Fsp3) is 0.300. The number of aryl methyl sites for hydroxylation is 2. The monoisotopic (exact) mass is 339 g/mol. The van der Waals surface area contributed by atoms with Gasteiger partial charge in [-0.1, -0.05) is 18.2 Å². The van der Waals surface area contributed by atoms with E-state index in [4.69, 9.17) is 0 Å². The molecule has 0 bridgehead atoms.